The minimum atomic E-state index is 0.769. The number of hydrogen-bond acceptors (Lipinski definition) is 2. The Morgan fingerprint density at radius 2 is 1.91 bits per heavy atom. The van der Waals surface area contributed by atoms with E-state index in [0.717, 1.165) is 30.2 Å². The third-order valence-electron chi connectivity index (χ3n) is 4.16. The molecule has 0 bridgehead atoms. The highest BCUT2D eigenvalue weighted by Crippen LogP contribution is 2.33. The van der Waals surface area contributed by atoms with E-state index < -0.39 is 0 Å². The lowest BCUT2D eigenvalue weighted by Crippen LogP contribution is -2.19. The summed E-state index contributed by atoms with van der Waals surface area (Å²) in [6.45, 7) is 1.90. The average Bonchev–Trinajstić information content (AvgIpc) is 3.18. The van der Waals surface area contributed by atoms with Crippen LogP contribution in [-0.2, 0) is 13.0 Å². The van der Waals surface area contributed by atoms with Gasteiger partial charge in [-0.2, -0.15) is 0 Å². The third kappa shape index (κ3) is 2.48. The number of fused-ring (bicyclic) bond motifs is 1. The molecule has 0 saturated heterocycles. The molecule has 0 spiro atoms. The minimum absolute atomic E-state index is 0.769. The maximum Gasteiger partial charge on any atom is 0.0923 e. The minimum Gasteiger partial charge on any atom is -0.365 e. The quantitative estimate of drug-likeness (QED) is 0.782. The van der Waals surface area contributed by atoms with Gasteiger partial charge >= 0.3 is 0 Å². The molecule has 0 amide bonds. The van der Waals surface area contributed by atoms with Crippen molar-refractivity contribution in [3.05, 3.63) is 71.3 Å². The molecule has 1 aliphatic heterocycles. The number of benzene rings is 2. The van der Waals surface area contributed by atoms with Crippen LogP contribution in [0.5, 0.6) is 0 Å². The van der Waals surface area contributed by atoms with Crippen LogP contribution in [0, 0.1) is 0 Å². The Balaban J connectivity index is 1.66. The number of aromatic nitrogens is 2. The molecule has 3 nitrogen and oxygen atoms in total. The fraction of sp³-hybridized carbons (Fsp3) is 0.167. The fourth-order valence-electron chi connectivity index (χ4n) is 3.00. The Labute approximate surface area is 134 Å². The Bertz CT molecular complexity index is 779. The van der Waals surface area contributed by atoms with Crippen molar-refractivity contribution >= 4 is 17.3 Å². The first-order valence-corrected chi connectivity index (χ1v) is 7.79. The van der Waals surface area contributed by atoms with Crippen LogP contribution in [0.25, 0.3) is 11.1 Å². The number of nitrogens with zero attached hydrogens (tertiary/aromatic N) is 2. The maximum absolute atomic E-state index is 5.98. The summed E-state index contributed by atoms with van der Waals surface area (Å²) in [6.07, 6.45) is 4.79. The smallest absolute Gasteiger partial charge is 0.0923 e. The van der Waals surface area contributed by atoms with E-state index in [0.29, 0.717) is 0 Å². The predicted octanol–water partition coefficient (Wildman–Crippen LogP) is 4.29. The molecular formula is C18H16ClN3. The monoisotopic (exact) mass is 309 g/mol. The van der Waals surface area contributed by atoms with Gasteiger partial charge in [0.05, 0.1) is 18.6 Å². The van der Waals surface area contributed by atoms with Crippen LogP contribution in [0.2, 0.25) is 5.02 Å². The Kier molecular flexibility index (Phi) is 3.35. The molecule has 4 heteroatoms. The van der Waals surface area contributed by atoms with Gasteiger partial charge < -0.3 is 9.88 Å². The predicted molar refractivity (Wildman–Crippen MR) is 90.2 cm³/mol. The van der Waals surface area contributed by atoms with Crippen molar-refractivity contribution in [3.63, 3.8) is 0 Å². The molecule has 0 atom stereocenters. The summed E-state index contributed by atoms with van der Waals surface area (Å²) >= 11 is 5.98. The lowest BCUT2D eigenvalue weighted by Gasteiger charge is -2.19. The number of nitrogens with one attached hydrogen (secondary N) is 1. The molecule has 1 aromatic heterocycles. The number of rotatable bonds is 3. The highest BCUT2D eigenvalue weighted by molar-refractivity contribution is 6.30. The van der Waals surface area contributed by atoms with Gasteiger partial charge in [-0.05, 0) is 41.3 Å². The van der Waals surface area contributed by atoms with E-state index in [9.17, 15) is 0 Å². The second-order valence-electron chi connectivity index (χ2n) is 5.58. The third-order valence-corrected chi connectivity index (χ3v) is 4.41. The van der Waals surface area contributed by atoms with Gasteiger partial charge in [-0.3, -0.25) is 0 Å². The molecule has 2 aromatic carbocycles. The summed E-state index contributed by atoms with van der Waals surface area (Å²) in [5, 5.41) is 0.769. The molecule has 3 aromatic rings. The Morgan fingerprint density at radius 1 is 1.09 bits per heavy atom. The largest absolute Gasteiger partial charge is 0.365 e. The lowest BCUT2D eigenvalue weighted by molar-refractivity contribution is 0.819. The highest BCUT2D eigenvalue weighted by Gasteiger charge is 2.20. The van der Waals surface area contributed by atoms with E-state index in [1.165, 1.54) is 22.4 Å². The van der Waals surface area contributed by atoms with Gasteiger partial charge in [0.25, 0.3) is 0 Å². The van der Waals surface area contributed by atoms with Gasteiger partial charge in [-0.25, -0.2) is 4.98 Å². The summed E-state index contributed by atoms with van der Waals surface area (Å²) < 4.78 is 0. The SMILES string of the molecule is Clc1ccc(-c2ccc3c(c2)N(Cc2c[nH]cn2)CC3)cc1. The molecule has 110 valence electrons. The zero-order valence-corrected chi connectivity index (χ0v) is 12.8. The fourth-order valence-corrected chi connectivity index (χ4v) is 3.13. The molecular weight excluding hydrogens is 294 g/mol. The van der Waals surface area contributed by atoms with Crippen molar-refractivity contribution in [2.45, 2.75) is 13.0 Å². The summed E-state index contributed by atoms with van der Waals surface area (Å²) in [6, 6.07) is 14.7. The van der Waals surface area contributed by atoms with Crippen molar-refractivity contribution in [2.75, 3.05) is 11.4 Å². The second kappa shape index (κ2) is 5.50. The molecule has 2 heterocycles. The number of halogens is 1. The van der Waals surface area contributed by atoms with Crippen molar-refractivity contribution in [1.29, 1.82) is 0 Å². The van der Waals surface area contributed by atoms with E-state index in [-0.39, 0.29) is 0 Å². The number of hydrogen-bond donors (Lipinski definition) is 1. The van der Waals surface area contributed by atoms with Gasteiger partial charge in [0.15, 0.2) is 0 Å². The zero-order valence-electron chi connectivity index (χ0n) is 12.1. The highest BCUT2D eigenvalue weighted by atomic mass is 35.5. The number of H-pyrrole nitrogens is 1. The van der Waals surface area contributed by atoms with Crippen LogP contribution in [0.15, 0.2) is 55.0 Å². The van der Waals surface area contributed by atoms with E-state index in [1.54, 1.807) is 6.33 Å². The van der Waals surface area contributed by atoms with Crippen molar-refractivity contribution in [1.82, 2.24) is 9.97 Å². The first kappa shape index (κ1) is 13.4. The topological polar surface area (TPSA) is 31.9 Å². The molecule has 1 N–H and O–H groups in total. The first-order valence-electron chi connectivity index (χ1n) is 7.41. The molecule has 0 unspecified atom stereocenters. The van der Waals surface area contributed by atoms with E-state index in [2.05, 4.69) is 45.2 Å². The maximum atomic E-state index is 5.98. The van der Waals surface area contributed by atoms with Crippen molar-refractivity contribution in [2.24, 2.45) is 0 Å². The summed E-state index contributed by atoms with van der Waals surface area (Å²) in [4.78, 5) is 9.74. The summed E-state index contributed by atoms with van der Waals surface area (Å²) in [5.74, 6) is 0. The average molecular weight is 310 g/mol. The lowest BCUT2D eigenvalue weighted by atomic mass is 10.0. The van der Waals surface area contributed by atoms with Crippen LogP contribution < -0.4 is 4.90 Å². The molecule has 22 heavy (non-hydrogen) atoms. The van der Waals surface area contributed by atoms with E-state index in [1.807, 2.05) is 18.3 Å². The summed E-state index contributed by atoms with van der Waals surface area (Å²) in [5.41, 5.74) is 6.22. The molecule has 0 aliphatic carbocycles. The standard InChI is InChI=1S/C18H16ClN3/c19-16-5-3-13(4-6-16)15-2-1-14-7-8-22(18(14)9-15)11-17-10-20-12-21-17/h1-6,9-10,12H,7-8,11H2,(H,20,21). The first-order chi connectivity index (χ1) is 10.8. The molecule has 0 radical (unpaired) electrons. The van der Waals surface area contributed by atoms with Gasteiger partial charge in [0, 0.05) is 23.5 Å². The number of anilines is 1. The molecule has 1 aliphatic rings. The van der Waals surface area contributed by atoms with Crippen LogP contribution >= 0.6 is 11.6 Å². The summed E-state index contributed by atoms with van der Waals surface area (Å²) in [7, 11) is 0. The van der Waals surface area contributed by atoms with Gasteiger partial charge in [0.1, 0.15) is 0 Å². The second-order valence-corrected chi connectivity index (χ2v) is 6.02. The molecule has 0 saturated carbocycles. The van der Waals surface area contributed by atoms with Crippen molar-refractivity contribution in [3.8, 4) is 11.1 Å². The number of aromatic amines is 1. The molecule has 4 rings (SSSR count). The van der Waals surface area contributed by atoms with Crippen molar-refractivity contribution < 1.29 is 0 Å². The van der Waals surface area contributed by atoms with Crippen LogP contribution in [0.1, 0.15) is 11.3 Å². The Hall–Kier alpha value is -2.26. The zero-order chi connectivity index (χ0) is 14.9. The van der Waals surface area contributed by atoms with Gasteiger partial charge in [-0.1, -0.05) is 35.9 Å². The van der Waals surface area contributed by atoms with Gasteiger partial charge in [-0.15, -0.1) is 0 Å². The number of imidazole rings is 1. The van der Waals surface area contributed by atoms with E-state index >= 15 is 0 Å². The normalized spacial score (nSPS) is 13.4. The van der Waals surface area contributed by atoms with Crippen LogP contribution in [0.4, 0.5) is 5.69 Å². The Morgan fingerprint density at radius 3 is 2.68 bits per heavy atom. The molecule has 0 fully saturated rings. The van der Waals surface area contributed by atoms with Gasteiger partial charge in [0.2, 0.25) is 0 Å². The van der Waals surface area contributed by atoms with Crippen LogP contribution in [-0.4, -0.2) is 16.5 Å². The van der Waals surface area contributed by atoms with E-state index in [4.69, 9.17) is 11.6 Å². The van der Waals surface area contributed by atoms with Crippen LogP contribution in [0.3, 0.4) is 0 Å².